The van der Waals surface area contributed by atoms with Crippen LogP contribution in [0.2, 0.25) is 0 Å². The Morgan fingerprint density at radius 3 is 2.38 bits per heavy atom. The molecule has 0 fully saturated rings. The van der Waals surface area contributed by atoms with Gasteiger partial charge in [0.2, 0.25) is 0 Å². The minimum Gasteiger partial charge on any atom is -0.353 e. The Morgan fingerprint density at radius 1 is 0.962 bits per heavy atom. The van der Waals surface area contributed by atoms with Crippen LogP contribution in [0, 0.1) is 0 Å². The molecule has 0 bridgehead atoms. The highest BCUT2D eigenvalue weighted by atomic mass is 16.2. The summed E-state index contributed by atoms with van der Waals surface area (Å²) in [5.41, 5.74) is 5.10. The molecule has 3 N–H and O–H groups in total. The topological polar surface area (TPSA) is 77.8 Å². The molecule has 2 aromatic heterocycles. The van der Waals surface area contributed by atoms with Crippen molar-refractivity contribution in [2.75, 3.05) is 0 Å². The average Bonchev–Trinajstić information content (AvgIpc) is 3.27. The fraction of sp³-hybridized carbons (Fsp3) is 0.0476. The number of rotatable bonds is 2. The van der Waals surface area contributed by atoms with E-state index < -0.39 is 0 Å². The van der Waals surface area contributed by atoms with Crippen LogP contribution < -0.4 is 5.32 Å². The summed E-state index contributed by atoms with van der Waals surface area (Å²) in [6.45, 7) is 5.79. The molecular weight excluding hydrogens is 326 g/mol. The molecule has 2 aromatic carbocycles. The van der Waals surface area contributed by atoms with E-state index in [1.165, 1.54) is 0 Å². The van der Waals surface area contributed by atoms with Crippen LogP contribution in [0.1, 0.15) is 38.9 Å². The van der Waals surface area contributed by atoms with Crippen LogP contribution in [0.25, 0.3) is 44.9 Å². The maximum atomic E-state index is 12.6. The summed E-state index contributed by atoms with van der Waals surface area (Å²) in [5, 5.41) is 4.91. The van der Waals surface area contributed by atoms with Crippen molar-refractivity contribution in [3.63, 3.8) is 0 Å². The second-order valence-corrected chi connectivity index (χ2v) is 6.36. The van der Waals surface area contributed by atoms with Gasteiger partial charge in [0.1, 0.15) is 0 Å². The van der Waals surface area contributed by atoms with Gasteiger partial charge in [-0.05, 0) is 19.1 Å². The van der Waals surface area contributed by atoms with Crippen LogP contribution >= 0.6 is 0 Å². The minimum atomic E-state index is -0.359. The molecule has 5 rings (SSSR count). The number of hydrogen-bond donors (Lipinski definition) is 3. The Labute approximate surface area is 148 Å². The number of allylic oxidation sites excluding steroid dienone is 1. The van der Waals surface area contributed by atoms with Crippen LogP contribution in [0.15, 0.2) is 36.9 Å². The number of fused-ring (bicyclic) bond motifs is 8. The molecule has 0 radical (unpaired) electrons. The molecule has 0 aliphatic carbocycles. The molecular formula is C21H15N3O2. The SMILES string of the molecule is C=Cc1[nH]c2c(c1/C=C\C)c1c(c3c4ccccc4[nH]c23)C(=O)NC1=O. The van der Waals surface area contributed by atoms with Gasteiger partial charge in [0.15, 0.2) is 0 Å². The highest BCUT2D eigenvalue weighted by Gasteiger charge is 2.35. The lowest BCUT2D eigenvalue weighted by Gasteiger charge is -2.03. The summed E-state index contributed by atoms with van der Waals surface area (Å²) in [7, 11) is 0. The van der Waals surface area contributed by atoms with Crippen molar-refractivity contribution in [3.8, 4) is 0 Å². The molecule has 126 valence electrons. The van der Waals surface area contributed by atoms with Gasteiger partial charge in [-0.1, -0.05) is 36.9 Å². The van der Waals surface area contributed by atoms with Crippen LogP contribution in [0.4, 0.5) is 0 Å². The van der Waals surface area contributed by atoms with E-state index in [0.29, 0.717) is 11.1 Å². The van der Waals surface area contributed by atoms with Gasteiger partial charge in [-0.3, -0.25) is 14.9 Å². The van der Waals surface area contributed by atoms with E-state index in [9.17, 15) is 9.59 Å². The second kappa shape index (κ2) is 4.95. The van der Waals surface area contributed by atoms with Gasteiger partial charge >= 0.3 is 0 Å². The molecule has 1 aliphatic rings. The summed E-state index contributed by atoms with van der Waals surface area (Å²) in [4.78, 5) is 32.1. The number of carbonyl (C=O) groups is 2. The Hall–Kier alpha value is -3.60. The third kappa shape index (κ3) is 1.64. The molecule has 5 heteroatoms. The first-order chi connectivity index (χ1) is 12.7. The maximum absolute atomic E-state index is 12.6. The van der Waals surface area contributed by atoms with Crippen molar-refractivity contribution in [2.24, 2.45) is 0 Å². The standard InChI is InChI=1S/C21H15N3O2/c1-3-7-10-12(4-2)22-18-14(10)16-17(21(26)24-20(16)25)15-11-8-5-6-9-13(11)23-19(15)18/h3-9,22-23H,2H2,1H3,(H,24,25,26)/b7-3-. The lowest BCUT2D eigenvalue weighted by Crippen LogP contribution is -2.20. The highest BCUT2D eigenvalue weighted by Crippen LogP contribution is 2.41. The first-order valence-corrected chi connectivity index (χ1v) is 8.38. The molecule has 26 heavy (non-hydrogen) atoms. The van der Waals surface area contributed by atoms with Gasteiger partial charge in [0, 0.05) is 32.9 Å². The number of hydrogen-bond acceptors (Lipinski definition) is 2. The molecule has 0 saturated carbocycles. The molecule has 2 amide bonds. The van der Waals surface area contributed by atoms with Crippen LogP contribution in [0.3, 0.4) is 0 Å². The number of benzene rings is 2. The van der Waals surface area contributed by atoms with Crippen molar-refractivity contribution in [1.82, 2.24) is 15.3 Å². The van der Waals surface area contributed by atoms with E-state index in [1.54, 1.807) is 6.08 Å². The van der Waals surface area contributed by atoms with E-state index in [2.05, 4.69) is 21.9 Å². The van der Waals surface area contributed by atoms with Crippen molar-refractivity contribution in [3.05, 3.63) is 59.3 Å². The first-order valence-electron chi connectivity index (χ1n) is 8.38. The van der Waals surface area contributed by atoms with Gasteiger partial charge < -0.3 is 9.97 Å². The van der Waals surface area contributed by atoms with E-state index >= 15 is 0 Å². The molecule has 3 heterocycles. The van der Waals surface area contributed by atoms with Crippen LogP contribution in [-0.2, 0) is 0 Å². The lowest BCUT2D eigenvalue weighted by molar-refractivity contribution is 0.0880. The number of carbonyl (C=O) groups excluding carboxylic acids is 2. The molecule has 0 unspecified atom stereocenters. The number of nitrogens with one attached hydrogen (secondary N) is 3. The summed E-state index contributed by atoms with van der Waals surface area (Å²) < 4.78 is 0. The van der Waals surface area contributed by atoms with E-state index in [1.807, 2.05) is 43.3 Å². The predicted octanol–water partition coefficient (Wildman–Crippen LogP) is 4.36. The van der Waals surface area contributed by atoms with Crippen molar-refractivity contribution < 1.29 is 9.59 Å². The summed E-state index contributed by atoms with van der Waals surface area (Å²) in [5.74, 6) is -0.711. The Balaban J connectivity index is 2.16. The zero-order valence-electron chi connectivity index (χ0n) is 14.1. The lowest BCUT2D eigenvalue weighted by atomic mass is 9.95. The van der Waals surface area contributed by atoms with Gasteiger partial charge in [-0.15, -0.1) is 0 Å². The summed E-state index contributed by atoms with van der Waals surface area (Å²) in [6.07, 6.45) is 5.57. The molecule has 0 saturated heterocycles. The smallest absolute Gasteiger partial charge is 0.259 e. The molecule has 0 spiro atoms. The van der Waals surface area contributed by atoms with Crippen molar-refractivity contribution >= 4 is 56.7 Å². The van der Waals surface area contributed by atoms with E-state index in [-0.39, 0.29) is 11.8 Å². The van der Waals surface area contributed by atoms with Crippen LogP contribution in [0.5, 0.6) is 0 Å². The summed E-state index contributed by atoms with van der Waals surface area (Å²) in [6, 6.07) is 7.79. The summed E-state index contributed by atoms with van der Waals surface area (Å²) >= 11 is 0. The quantitative estimate of drug-likeness (QED) is 0.474. The molecule has 5 nitrogen and oxygen atoms in total. The number of aromatic nitrogens is 2. The fourth-order valence-electron chi connectivity index (χ4n) is 4.00. The predicted molar refractivity (Wildman–Crippen MR) is 104 cm³/mol. The second-order valence-electron chi connectivity index (χ2n) is 6.36. The Kier molecular flexibility index (Phi) is 2.80. The fourth-order valence-corrected chi connectivity index (χ4v) is 4.00. The number of amides is 2. The number of para-hydroxylation sites is 1. The normalized spacial score (nSPS) is 14.0. The average molecular weight is 341 g/mol. The monoisotopic (exact) mass is 341 g/mol. The highest BCUT2D eigenvalue weighted by molar-refractivity contribution is 6.37. The van der Waals surface area contributed by atoms with Crippen molar-refractivity contribution in [2.45, 2.75) is 6.92 Å². The van der Waals surface area contributed by atoms with E-state index in [0.717, 1.165) is 44.0 Å². The Bertz CT molecular complexity index is 1320. The van der Waals surface area contributed by atoms with E-state index in [4.69, 9.17) is 0 Å². The third-order valence-corrected chi connectivity index (χ3v) is 4.99. The molecule has 4 aromatic rings. The van der Waals surface area contributed by atoms with Gasteiger partial charge in [-0.25, -0.2) is 0 Å². The molecule has 1 aliphatic heterocycles. The van der Waals surface area contributed by atoms with Crippen LogP contribution in [-0.4, -0.2) is 21.8 Å². The zero-order chi connectivity index (χ0) is 18.0. The van der Waals surface area contributed by atoms with Gasteiger partial charge in [0.25, 0.3) is 11.8 Å². The zero-order valence-corrected chi connectivity index (χ0v) is 14.1. The van der Waals surface area contributed by atoms with Crippen molar-refractivity contribution in [1.29, 1.82) is 0 Å². The third-order valence-electron chi connectivity index (χ3n) is 4.99. The Morgan fingerprint density at radius 2 is 1.65 bits per heavy atom. The minimum absolute atomic E-state index is 0.352. The maximum Gasteiger partial charge on any atom is 0.259 e. The van der Waals surface area contributed by atoms with Gasteiger partial charge in [-0.2, -0.15) is 0 Å². The van der Waals surface area contributed by atoms with Gasteiger partial charge in [0.05, 0.1) is 22.2 Å². The molecule has 0 atom stereocenters. The largest absolute Gasteiger partial charge is 0.353 e. The number of aromatic amines is 2. The first kappa shape index (κ1) is 14.7. The number of H-pyrrole nitrogens is 2. The number of imide groups is 1.